The number of nitrogens with one attached hydrogen (secondary N) is 1. The molecule has 98 valence electrons. The smallest absolute Gasteiger partial charge is 0.227 e. The van der Waals surface area contributed by atoms with Crippen molar-refractivity contribution in [3.8, 4) is 0 Å². The van der Waals surface area contributed by atoms with E-state index in [0.717, 1.165) is 50.2 Å². The Kier molecular flexibility index (Phi) is 3.32. The van der Waals surface area contributed by atoms with E-state index in [1.807, 2.05) is 0 Å². The highest BCUT2D eigenvalue weighted by atomic mass is 16.5. The van der Waals surface area contributed by atoms with Crippen molar-refractivity contribution < 1.29 is 4.74 Å². The van der Waals surface area contributed by atoms with Crippen molar-refractivity contribution in [1.82, 2.24) is 9.97 Å². The Morgan fingerprint density at radius 1 is 1.33 bits per heavy atom. The molecule has 0 radical (unpaired) electrons. The van der Waals surface area contributed by atoms with Crippen LogP contribution in [0.3, 0.4) is 0 Å². The van der Waals surface area contributed by atoms with E-state index < -0.39 is 0 Å². The molecular weight excluding hydrogens is 228 g/mol. The highest BCUT2D eigenvalue weighted by Crippen LogP contribution is 2.20. The van der Waals surface area contributed by atoms with Gasteiger partial charge in [-0.3, -0.25) is 0 Å². The lowest BCUT2D eigenvalue weighted by molar-refractivity contribution is 0.0209. The van der Waals surface area contributed by atoms with Gasteiger partial charge in [-0.05, 0) is 19.3 Å². The molecular formula is C13H20N4O. The second kappa shape index (κ2) is 5.10. The summed E-state index contributed by atoms with van der Waals surface area (Å²) in [6.45, 7) is 5.86. The van der Waals surface area contributed by atoms with Gasteiger partial charge in [-0.15, -0.1) is 0 Å². The summed E-state index contributed by atoms with van der Waals surface area (Å²) in [6, 6.07) is 2.47. The minimum Gasteiger partial charge on any atom is -0.377 e. The summed E-state index contributed by atoms with van der Waals surface area (Å²) in [6.07, 6.45) is 3.44. The van der Waals surface area contributed by atoms with Crippen LogP contribution in [0.2, 0.25) is 0 Å². The van der Waals surface area contributed by atoms with E-state index in [1.165, 1.54) is 12.8 Å². The number of ether oxygens (including phenoxy) is 1. The molecule has 1 aromatic heterocycles. The Hall–Kier alpha value is -1.36. The summed E-state index contributed by atoms with van der Waals surface area (Å²) in [5.41, 5.74) is 1.11. The molecule has 1 aromatic rings. The first-order valence-corrected chi connectivity index (χ1v) is 6.82. The maximum atomic E-state index is 5.18. The van der Waals surface area contributed by atoms with Gasteiger partial charge in [0.2, 0.25) is 5.95 Å². The zero-order valence-corrected chi connectivity index (χ0v) is 10.9. The molecule has 18 heavy (non-hydrogen) atoms. The summed E-state index contributed by atoms with van der Waals surface area (Å²) in [5.74, 6) is 1.83. The van der Waals surface area contributed by atoms with Crippen LogP contribution in [-0.2, 0) is 11.2 Å². The van der Waals surface area contributed by atoms with Crippen molar-refractivity contribution in [1.29, 1.82) is 0 Å². The maximum Gasteiger partial charge on any atom is 0.227 e. The molecule has 0 aromatic carbocycles. The first-order chi connectivity index (χ1) is 8.85. The van der Waals surface area contributed by atoms with Crippen LogP contribution in [0.15, 0.2) is 6.07 Å². The summed E-state index contributed by atoms with van der Waals surface area (Å²) < 4.78 is 5.18. The van der Waals surface area contributed by atoms with Gasteiger partial charge in [0.05, 0.1) is 19.3 Å². The fourth-order valence-corrected chi connectivity index (χ4v) is 2.33. The van der Waals surface area contributed by atoms with Crippen molar-refractivity contribution in [2.45, 2.75) is 32.2 Å². The second-order valence-corrected chi connectivity index (χ2v) is 4.97. The molecule has 5 nitrogen and oxygen atoms in total. The van der Waals surface area contributed by atoms with E-state index in [2.05, 4.69) is 33.2 Å². The zero-order valence-electron chi connectivity index (χ0n) is 10.9. The first-order valence-electron chi connectivity index (χ1n) is 6.82. The van der Waals surface area contributed by atoms with Crippen molar-refractivity contribution in [2.75, 3.05) is 36.5 Å². The van der Waals surface area contributed by atoms with E-state index in [9.17, 15) is 0 Å². The van der Waals surface area contributed by atoms with Crippen LogP contribution in [0, 0.1) is 0 Å². The van der Waals surface area contributed by atoms with E-state index in [0.29, 0.717) is 6.04 Å². The van der Waals surface area contributed by atoms with E-state index in [-0.39, 0.29) is 0 Å². The third-order valence-corrected chi connectivity index (χ3v) is 3.51. The number of hydrogen-bond acceptors (Lipinski definition) is 5. The monoisotopic (exact) mass is 248 g/mol. The third-order valence-electron chi connectivity index (χ3n) is 3.51. The molecule has 5 heteroatoms. The van der Waals surface area contributed by atoms with Gasteiger partial charge in [-0.25, -0.2) is 4.98 Å². The van der Waals surface area contributed by atoms with Gasteiger partial charge in [-0.1, -0.05) is 6.92 Å². The maximum absolute atomic E-state index is 5.18. The zero-order chi connectivity index (χ0) is 12.4. The molecule has 0 saturated carbocycles. The number of rotatable bonds is 4. The average molecular weight is 248 g/mol. The Bertz CT molecular complexity index is 413. The molecule has 0 aliphatic carbocycles. The molecule has 3 rings (SSSR count). The van der Waals surface area contributed by atoms with Crippen LogP contribution < -0.4 is 10.2 Å². The first kappa shape index (κ1) is 11.7. The van der Waals surface area contributed by atoms with Gasteiger partial charge in [0.1, 0.15) is 5.82 Å². The minimum absolute atomic E-state index is 0.413. The Morgan fingerprint density at radius 3 is 2.72 bits per heavy atom. The fourth-order valence-electron chi connectivity index (χ4n) is 2.33. The molecule has 0 spiro atoms. The van der Waals surface area contributed by atoms with Crippen LogP contribution in [0.1, 0.15) is 25.5 Å². The predicted octanol–water partition coefficient (Wildman–Crippen LogP) is 1.45. The molecule has 2 fully saturated rings. The van der Waals surface area contributed by atoms with Crippen LogP contribution in [0.5, 0.6) is 0 Å². The van der Waals surface area contributed by atoms with Crippen LogP contribution in [0.4, 0.5) is 11.8 Å². The number of aryl methyl sites for hydroxylation is 1. The predicted molar refractivity (Wildman–Crippen MR) is 71.1 cm³/mol. The molecule has 0 atom stereocenters. The minimum atomic E-state index is 0.413. The summed E-state index contributed by atoms with van der Waals surface area (Å²) >= 11 is 0. The molecule has 2 saturated heterocycles. The van der Waals surface area contributed by atoms with Crippen molar-refractivity contribution in [3.63, 3.8) is 0 Å². The SMILES string of the molecule is CCc1cc(NC2COC2)nc(N2CCCC2)n1. The summed E-state index contributed by atoms with van der Waals surface area (Å²) in [5, 5.41) is 3.41. The largest absolute Gasteiger partial charge is 0.377 e. The molecule has 0 bridgehead atoms. The summed E-state index contributed by atoms with van der Waals surface area (Å²) in [4.78, 5) is 11.5. The molecule has 2 aliphatic rings. The molecule has 0 unspecified atom stereocenters. The quantitative estimate of drug-likeness (QED) is 0.874. The summed E-state index contributed by atoms with van der Waals surface area (Å²) in [7, 11) is 0. The van der Waals surface area contributed by atoms with Gasteiger partial charge in [0.25, 0.3) is 0 Å². The van der Waals surface area contributed by atoms with Gasteiger partial charge in [0, 0.05) is 24.8 Å². The van der Waals surface area contributed by atoms with Crippen molar-refractivity contribution in [3.05, 3.63) is 11.8 Å². The van der Waals surface area contributed by atoms with E-state index in [4.69, 9.17) is 4.74 Å². The normalized spacial score (nSPS) is 19.9. The van der Waals surface area contributed by atoms with Gasteiger partial charge in [-0.2, -0.15) is 4.98 Å². The lowest BCUT2D eigenvalue weighted by atomic mass is 10.2. The fraction of sp³-hybridized carbons (Fsp3) is 0.692. The number of nitrogens with zero attached hydrogens (tertiary/aromatic N) is 3. The van der Waals surface area contributed by atoms with Crippen LogP contribution in [0.25, 0.3) is 0 Å². The standard InChI is InChI=1S/C13H20N4O/c1-2-10-7-12(14-11-8-18-9-11)16-13(15-10)17-5-3-4-6-17/h7,11H,2-6,8-9H2,1H3,(H,14,15,16). The Balaban J connectivity index is 1.80. The third kappa shape index (κ3) is 2.41. The van der Waals surface area contributed by atoms with E-state index in [1.54, 1.807) is 0 Å². The van der Waals surface area contributed by atoms with Crippen LogP contribution >= 0.6 is 0 Å². The molecule has 1 N–H and O–H groups in total. The number of aromatic nitrogens is 2. The highest BCUT2D eigenvalue weighted by molar-refractivity contribution is 5.45. The van der Waals surface area contributed by atoms with Gasteiger partial charge < -0.3 is 15.0 Å². The lowest BCUT2D eigenvalue weighted by Crippen LogP contribution is -2.40. The average Bonchev–Trinajstić information content (AvgIpc) is 2.87. The Morgan fingerprint density at radius 2 is 2.11 bits per heavy atom. The van der Waals surface area contributed by atoms with Crippen molar-refractivity contribution in [2.24, 2.45) is 0 Å². The van der Waals surface area contributed by atoms with Crippen LogP contribution in [-0.4, -0.2) is 42.3 Å². The molecule has 0 amide bonds. The number of hydrogen-bond donors (Lipinski definition) is 1. The highest BCUT2D eigenvalue weighted by Gasteiger charge is 2.20. The molecule has 2 aliphatic heterocycles. The van der Waals surface area contributed by atoms with Gasteiger partial charge >= 0.3 is 0 Å². The lowest BCUT2D eigenvalue weighted by Gasteiger charge is -2.28. The number of anilines is 2. The van der Waals surface area contributed by atoms with Gasteiger partial charge in [0.15, 0.2) is 0 Å². The topological polar surface area (TPSA) is 50.3 Å². The molecule has 3 heterocycles. The van der Waals surface area contributed by atoms with E-state index >= 15 is 0 Å². The second-order valence-electron chi connectivity index (χ2n) is 4.97. The van der Waals surface area contributed by atoms with Crippen molar-refractivity contribution >= 4 is 11.8 Å². The Labute approximate surface area is 108 Å².